The molecule has 22 heavy (non-hydrogen) atoms. The van der Waals surface area contributed by atoms with Crippen molar-refractivity contribution in [3.8, 4) is 12.1 Å². The van der Waals surface area contributed by atoms with E-state index in [0.717, 1.165) is 0 Å². The highest BCUT2D eigenvalue weighted by atomic mass is 19.4. The van der Waals surface area contributed by atoms with Crippen LogP contribution in [0.1, 0.15) is 30.4 Å². The summed E-state index contributed by atoms with van der Waals surface area (Å²) < 4.78 is 38.9. The second kappa shape index (κ2) is 5.86. The largest absolute Gasteiger partial charge is 0.417 e. The Morgan fingerprint density at radius 1 is 1.09 bits per heavy atom. The van der Waals surface area contributed by atoms with Gasteiger partial charge in [-0.15, -0.1) is 0 Å². The maximum atomic E-state index is 13.0. The van der Waals surface area contributed by atoms with Crippen LogP contribution in [0.15, 0.2) is 18.2 Å². The maximum absolute atomic E-state index is 13.0. The zero-order chi connectivity index (χ0) is 16.4. The highest BCUT2D eigenvalue weighted by molar-refractivity contribution is 5.68. The fraction of sp³-hybridized carbons (Fsp3) is 0.467. The van der Waals surface area contributed by atoms with Gasteiger partial charge in [0.15, 0.2) is 5.60 Å². The summed E-state index contributed by atoms with van der Waals surface area (Å²) in [6.07, 6.45) is -5.43. The summed E-state index contributed by atoms with van der Waals surface area (Å²) in [5, 5.41) is 28.1. The van der Waals surface area contributed by atoms with Crippen LogP contribution >= 0.6 is 0 Å². The standard InChI is InChI=1S/C15H14F3N3O/c16-15(17,18)14(22)5-2-7-21(8-6-14)13-11(9-19)3-1-4-12(13)10-20/h1,3-4,22H,2,5-8H2. The van der Waals surface area contributed by atoms with Gasteiger partial charge in [-0.25, -0.2) is 0 Å². The lowest BCUT2D eigenvalue weighted by molar-refractivity contribution is -0.263. The molecule has 0 radical (unpaired) electrons. The quantitative estimate of drug-likeness (QED) is 0.866. The van der Waals surface area contributed by atoms with Crippen LogP contribution in [0, 0.1) is 22.7 Å². The summed E-state index contributed by atoms with van der Waals surface area (Å²) in [5.74, 6) is 0. The van der Waals surface area contributed by atoms with Gasteiger partial charge < -0.3 is 10.0 Å². The SMILES string of the molecule is N#Cc1cccc(C#N)c1N1CCCC(O)(C(F)(F)F)CC1. The fourth-order valence-electron chi connectivity index (χ4n) is 2.69. The van der Waals surface area contributed by atoms with Crippen LogP contribution in [0.3, 0.4) is 0 Å². The number of benzene rings is 1. The first-order valence-corrected chi connectivity index (χ1v) is 6.79. The molecule has 7 heteroatoms. The monoisotopic (exact) mass is 309 g/mol. The van der Waals surface area contributed by atoms with Crippen LogP contribution in [-0.2, 0) is 0 Å². The van der Waals surface area contributed by atoms with E-state index in [1.54, 1.807) is 11.0 Å². The summed E-state index contributed by atoms with van der Waals surface area (Å²) in [4.78, 5) is 1.58. The molecule has 0 amide bonds. The van der Waals surface area contributed by atoms with E-state index in [1.807, 2.05) is 12.1 Å². The average molecular weight is 309 g/mol. The number of nitrogens with zero attached hydrogens (tertiary/aromatic N) is 3. The van der Waals surface area contributed by atoms with E-state index in [2.05, 4.69) is 0 Å². The summed E-state index contributed by atoms with van der Waals surface area (Å²) >= 11 is 0. The van der Waals surface area contributed by atoms with E-state index in [9.17, 15) is 18.3 Å². The van der Waals surface area contributed by atoms with Crippen LogP contribution in [-0.4, -0.2) is 30.0 Å². The van der Waals surface area contributed by atoms with E-state index < -0.39 is 18.2 Å². The molecular weight excluding hydrogens is 295 g/mol. The molecule has 1 aromatic carbocycles. The summed E-state index contributed by atoms with van der Waals surface area (Å²) in [5.41, 5.74) is -1.87. The van der Waals surface area contributed by atoms with Gasteiger partial charge in [-0.2, -0.15) is 23.7 Å². The van der Waals surface area contributed by atoms with Gasteiger partial charge in [-0.1, -0.05) is 6.07 Å². The summed E-state index contributed by atoms with van der Waals surface area (Å²) in [6, 6.07) is 8.53. The highest BCUT2D eigenvalue weighted by Crippen LogP contribution is 2.39. The topological polar surface area (TPSA) is 71.0 Å². The summed E-state index contributed by atoms with van der Waals surface area (Å²) in [7, 11) is 0. The zero-order valence-electron chi connectivity index (χ0n) is 11.7. The minimum atomic E-state index is -4.68. The molecule has 1 N–H and O–H groups in total. The van der Waals surface area contributed by atoms with Crippen molar-refractivity contribution in [1.29, 1.82) is 10.5 Å². The molecule has 4 nitrogen and oxygen atoms in total. The van der Waals surface area contributed by atoms with Gasteiger partial charge in [0.1, 0.15) is 12.1 Å². The van der Waals surface area contributed by atoms with E-state index in [1.165, 1.54) is 12.1 Å². The molecule has 0 saturated carbocycles. The lowest BCUT2D eigenvalue weighted by Crippen LogP contribution is -2.45. The van der Waals surface area contributed by atoms with Crippen LogP contribution in [0.2, 0.25) is 0 Å². The lowest BCUT2D eigenvalue weighted by atomic mass is 9.94. The Morgan fingerprint density at radius 2 is 1.68 bits per heavy atom. The normalized spacial score (nSPS) is 22.5. The van der Waals surface area contributed by atoms with Crippen molar-refractivity contribution >= 4 is 5.69 Å². The Kier molecular flexibility index (Phi) is 4.30. The minimum absolute atomic E-state index is 0.0661. The van der Waals surface area contributed by atoms with Crippen molar-refractivity contribution in [2.75, 3.05) is 18.0 Å². The molecule has 1 aromatic rings. The van der Waals surface area contributed by atoms with Gasteiger partial charge in [0.05, 0.1) is 16.8 Å². The average Bonchev–Trinajstić information content (AvgIpc) is 2.68. The molecule has 1 atom stereocenters. The number of hydrogen-bond acceptors (Lipinski definition) is 4. The van der Waals surface area contributed by atoms with Crippen LogP contribution in [0.25, 0.3) is 0 Å². The third kappa shape index (κ3) is 2.86. The van der Waals surface area contributed by atoms with E-state index in [4.69, 9.17) is 10.5 Å². The number of halogens is 3. The van der Waals surface area contributed by atoms with Gasteiger partial charge in [0, 0.05) is 19.5 Å². The van der Waals surface area contributed by atoms with Crippen LogP contribution in [0.4, 0.5) is 18.9 Å². The smallest absolute Gasteiger partial charge is 0.380 e. The minimum Gasteiger partial charge on any atom is -0.380 e. The zero-order valence-corrected chi connectivity index (χ0v) is 11.7. The summed E-state index contributed by atoms with van der Waals surface area (Å²) in [6.45, 7) is 0.190. The van der Waals surface area contributed by atoms with Crippen molar-refractivity contribution in [3.63, 3.8) is 0 Å². The molecule has 0 bridgehead atoms. The van der Waals surface area contributed by atoms with Gasteiger partial charge in [-0.3, -0.25) is 0 Å². The molecule has 1 unspecified atom stereocenters. The number of aliphatic hydroxyl groups is 1. The van der Waals surface area contributed by atoms with Crippen LogP contribution < -0.4 is 4.90 Å². The van der Waals surface area contributed by atoms with Crippen molar-refractivity contribution in [2.45, 2.75) is 31.0 Å². The number of alkyl halides is 3. The molecule has 1 heterocycles. The number of anilines is 1. The van der Waals surface area contributed by atoms with Gasteiger partial charge >= 0.3 is 6.18 Å². The Labute approximate surface area is 126 Å². The second-order valence-electron chi connectivity index (χ2n) is 5.30. The molecule has 0 spiro atoms. The van der Waals surface area contributed by atoms with Crippen molar-refractivity contribution in [2.24, 2.45) is 0 Å². The van der Waals surface area contributed by atoms with E-state index in [-0.39, 0.29) is 37.1 Å². The van der Waals surface area contributed by atoms with Gasteiger partial charge in [-0.05, 0) is 25.0 Å². The van der Waals surface area contributed by atoms with Gasteiger partial charge in [0.25, 0.3) is 0 Å². The van der Waals surface area contributed by atoms with Gasteiger partial charge in [0.2, 0.25) is 0 Å². The first-order valence-electron chi connectivity index (χ1n) is 6.79. The van der Waals surface area contributed by atoms with Crippen LogP contribution in [0.5, 0.6) is 0 Å². The van der Waals surface area contributed by atoms with E-state index in [0.29, 0.717) is 5.69 Å². The molecule has 0 aromatic heterocycles. The predicted octanol–water partition coefficient (Wildman–Crippen LogP) is 2.71. The Balaban J connectivity index is 2.34. The second-order valence-corrected chi connectivity index (χ2v) is 5.30. The number of nitriles is 2. The molecule has 116 valence electrons. The van der Waals surface area contributed by atoms with E-state index >= 15 is 0 Å². The molecular formula is C15H14F3N3O. The Bertz CT molecular complexity index is 613. The predicted molar refractivity (Wildman–Crippen MR) is 72.9 cm³/mol. The van der Waals surface area contributed by atoms with Crippen molar-refractivity contribution < 1.29 is 18.3 Å². The Morgan fingerprint density at radius 3 is 2.18 bits per heavy atom. The molecule has 2 rings (SSSR count). The van der Waals surface area contributed by atoms with Crippen molar-refractivity contribution in [3.05, 3.63) is 29.3 Å². The first kappa shape index (κ1) is 16.1. The third-order valence-corrected chi connectivity index (χ3v) is 3.93. The maximum Gasteiger partial charge on any atom is 0.417 e. The number of hydrogen-bond donors (Lipinski definition) is 1. The Hall–Kier alpha value is -2.25. The molecule has 1 aliphatic heterocycles. The van der Waals surface area contributed by atoms with Crippen molar-refractivity contribution in [1.82, 2.24) is 0 Å². The fourth-order valence-corrected chi connectivity index (χ4v) is 2.69. The number of rotatable bonds is 1. The molecule has 1 saturated heterocycles. The molecule has 1 fully saturated rings. The highest BCUT2D eigenvalue weighted by Gasteiger charge is 2.53. The molecule has 1 aliphatic rings. The number of para-hydroxylation sites is 1. The molecule has 0 aliphatic carbocycles. The first-order chi connectivity index (χ1) is 10.3. The lowest BCUT2D eigenvalue weighted by Gasteiger charge is -2.29. The third-order valence-electron chi connectivity index (χ3n) is 3.93.